The van der Waals surface area contributed by atoms with E-state index in [0.29, 0.717) is 11.5 Å². The zero-order valence-corrected chi connectivity index (χ0v) is 14.4. The molecule has 126 valence electrons. The summed E-state index contributed by atoms with van der Waals surface area (Å²) in [5.74, 6) is 0.505. The first-order valence-electron chi connectivity index (χ1n) is 7.81. The first-order chi connectivity index (χ1) is 11.5. The van der Waals surface area contributed by atoms with Crippen LogP contribution in [0.1, 0.15) is 37.2 Å². The van der Waals surface area contributed by atoms with Gasteiger partial charge in [-0.2, -0.15) is 0 Å². The summed E-state index contributed by atoms with van der Waals surface area (Å²) < 4.78 is 29.5. The molecule has 1 N–H and O–H groups in total. The Morgan fingerprint density at radius 3 is 2.50 bits per heavy atom. The highest BCUT2D eigenvalue weighted by Gasteiger charge is 2.22. The van der Waals surface area contributed by atoms with Gasteiger partial charge in [-0.1, -0.05) is 43.3 Å². The fourth-order valence-corrected chi connectivity index (χ4v) is 4.32. The third kappa shape index (κ3) is 3.63. The molecule has 0 fully saturated rings. The van der Waals surface area contributed by atoms with E-state index in [1.54, 1.807) is 11.3 Å². The summed E-state index contributed by atoms with van der Waals surface area (Å²) >= 11 is 0. The van der Waals surface area contributed by atoms with Gasteiger partial charge in [0.15, 0.2) is 11.5 Å². The van der Waals surface area contributed by atoms with E-state index >= 15 is 0 Å². The Kier molecular flexibility index (Phi) is 4.64. The molecule has 1 aromatic carbocycles. The maximum Gasteiger partial charge on any atom is 0.212 e. The van der Waals surface area contributed by atoms with Crippen molar-refractivity contribution in [1.82, 2.24) is 19.3 Å². The molecule has 0 unspecified atom stereocenters. The largest absolute Gasteiger partial charge is 0.285 e. The Balaban J connectivity index is 1.74. The highest BCUT2D eigenvalue weighted by atomic mass is 32.2. The Bertz CT molecular complexity index is 922. The normalized spacial score (nSPS) is 14.6. The minimum absolute atomic E-state index is 0.0259. The molecule has 0 saturated carbocycles. The van der Waals surface area contributed by atoms with Gasteiger partial charge in [-0.3, -0.25) is 4.40 Å². The van der Waals surface area contributed by atoms with Gasteiger partial charge in [-0.15, -0.1) is 10.2 Å². The molecule has 6 nitrogen and oxygen atoms in total. The number of pyridine rings is 1. The molecule has 2 aromatic heterocycles. The van der Waals surface area contributed by atoms with E-state index in [1.165, 1.54) is 0 Å². The summed E-state index contributed by atoms with van der Waals surface area (Å²) in [5.41, 5.74) is 1.69. The van der Waals surface area contributed by atoms with Crippen LogP contribution in [0, 0.1) is 0 Å². The van der Waals surface area contributed by atoms with Crippen molar-refractivity contribution in [1.29, 1.82) is 0 Å². The van der Waals surface area contributed by atoms with Crippen molar-refractivity contribution in [3.8, 4) is 0 Å². The van der Waals surface area contributed by atoms with Crippen LogP contribution >= 0.6 is 0 Å². The van der Waals surface area contributed by atoms with E-state index in [4.69, 9.17) is 0 Å². The van der Waals surface area contributed by atoms with Gasteiger partial charge in [0, 0.05) is 6.20 Å². The van der Waals surface area contributed by atoms with Crippen molar-refractivity contribution in [3.63, 3.8) is 0 Å². The van der Waals surface area contributed by atoms with Crippen molar-refractivity contribution in [2.75, 3.05) is 5.75 Å². The zero-order chi connectivity index (χ0) is 17.2. The molecule has 0 aliphatic carbocycles. The summed E-state index contributed by atoms with van der Waals surface area (Å²) in [4.78, 5) is 0. The topological polar surface area (TPSA) is 76.4 Å². The minimum Gasteiger partial charge on any atom is -0.285 e. The fraction of sp³-hybridized carbons (Fsp3) is 0.294. The van der Waals surface area contributed by atoms with E-state index in [0.717, 1.165) is 5.56 Å². The average Bonchev–Trinajstić information content (AvgIpc) is 2.99. The molecule has 0 saturated heterocycles. The number of hydrogen-bond donors (Lipinski definition) is 1. The summed E-state index contributed by atoms with van der Waals surface area (Å²) in [5, 5.41) is 8.16. The lowest BCUT2D eigenvalue weighted by Gasteiger charge is -2.16. The van der Waals surface area contributed by atoms with Crippen LogP contribution < -0.4 is 4.72 Å². The first-order valence-corrected chi connectivity index (χ1v) is 9.46. The van der Waals surface area contributed by atoms with Crippen LogP contribution in [0.2, 0.25) is 0 Å². The highest BCUT2D eigenvalue weighted by Crippen LogP contribution is 2.18. The van der Waals surface area contributed by atoms with Crippen LogP contribution in [-0.4, -0.2) is 28.8 Å². The van der Waals surface area contributed by atoms with Gasteiger partial charge < -0.3 is 0 Å². The van der Waals surface area contributed by atoms with Crippen molar-refractivity contribution >= 4 is 15.7 Å². The van der Waals surface area contributed by atoms with Gasteiger partial charge in [-0.25, -0.2) is 13.1 Å². The van der Waals surface area contributed by atoms with E-state index in [9.17, 15) is 8.42 Å². The quantitative estimate of drug-likeness (QED) is 0.745. The van der Waals surface area contributed by atoms with Crippen molar-refractivity contribution < 1.29 is 8.42 Å². The van der Waals surface area contributed by atoms with Crippen LogP contribution in [0.5, 0.6) is 0 Å². The van der Waals surface area contributed by atoms with Crippen LogP contribution in [0.15, 0.2) is 54.7 Å². The van der Waals surface area contributed by atoms with E-state index in [2.05, 4.69) is 14.9 Å². The summed E-state index contributed by atoms with van der Waals surface area (Å²) in [6.07, 6.45) is 1.82. The van der Waals surface area contributed by atoms with Gasteiger partial charge in [0.25, 0.3) is 0 Å². The maximum absolute atomic E-state index is 12.5. The fourth-order valence-electron chi connectivity index (χ4n) is 2.73. The molecule has 0 aliphatic rings. The van der Waals surface area contributed by atoms with E-state index < -0.39 is 16.1 Å². The van der Waals surface area contributed by atoms with Crippen molar-refractivity contribution in [3.05, 3.63) is 66.1 Å². The molecule has 24 heavy (non-hydrogen) atoms. The molecule has 2 atom stereocenters. The molecule has 0 radical (unpaired) electrons. The zero-order valence-electron chi connectivity index (χ0n) is 13.6. The smallest absolute Gasteiger partial charge is 0.212 e. The number of fused-ring (bicyclic) bond motifs is 1. The van der Waals surface area contributed by atoms with Crippen LogP contribution in [0.3, 0.4) is 0 Å². The van der Waals surface area contributed by atoms with E-state index in [-0.39, 0.29) is 11.7 Å². The number of nitrogens with zero attached hydrogens (tertiary/aromatic N) is 3. The van der Waals surface area contributed by atoms with Gasteiger partial charge in [0.05, 0.1) is 11.8 Å². The predicted octanol–water partition coefficient (Wildman–Crippen LogP) is 2.51. The van der Waals surface area contributed by atoms with Crippen molar-refractivity contribution in [2.45, 2.75) is 25.8 Å². The summed E-state index contributed by atoms with van der Waals surface area (Å²) in [6, 6.07) is 14.7. The number of aromatic nitrogens is 3. The second-order valence-electron chi connectivity index (χ2n) is 5.92. The van der Waals surface area contributed by atoms with Crippen LogP contribution in [0.4, 0.5) is 0 Å². The molecule has 2 heterocycles. The summed E-state index contributed by atoms with van der Waals surface area (Å²) in [6.45, 7) is 3.68. The highest BCUT2D eigenvalue weighted by molar-refractivity contribution is 7.89. The van der Waals surface area contributed by atoms with Gasteiger partial charge >= 0.3 is 0 Å². The van der Waals surface area contributed by atoms with Gasteiger partial charge in [-0.05, 0) is 30.5 Å². The maximum atomic E-state index is 12.5. The summed E-state index contributed by atoms with van der Waals surface area (Å²) in [7, 11) is -3.45. The molecular weight excluding hydrogens is 324 g/mol. The predicted molar refractivity (Wildman–Crippen MR) is 93.2 cm³/mol. The molecule has 7 heteroatoms. The Morgan fingerprint density at radius 2 is 1.75 bits per heavy atom. The van der Waals surface area contributed by atoms with E-state index in [1.807, 2.05) is 61.7 Å². The SMILES string of the molecule is C[C@H](CS(=O)(=O)N[C@H](C)c1nnc2ccccn12)c1ccccc1. The van der Waals surface area contributed by atoms with Crippen LogP contribution in [-0.2, 0) is 10.0 Å². The third-order valence-electron chi connectivity index (χ3n) is 3.92. The molecule has 3 rings (SSSR count). The number of sulfonamides is 1. The van der Waals surface area contributed by atoms with Gasteiger partial charge in [0.1, 0.15) is 0 Å². The second kappa shape index (κ2) is 6.70. The number of rotatable bonds is 6. The molecule has 0 amide bonds. The number of hydrogen-bond acceptors (Lipinski definition) is 4. The molecule has 0 spiro atoms. The lowest BCUT2D eigenvalue weighted by atomic mass is 10.0. The Hall–Kier alpha value is -2.25. The molecule has 0 aliphatic heterocycles. The third-order valence-corrected chi connectivity index (χ3v) is 5.57. The second-order valence-corrected chi connectivity index (χ2v) is 7.72. The molecule has 0 bridgehead atoms. The lowest BCUT2D eigenvalue weighted by molar-refractivity contribution is 0.553. The molecule has 3 aromatic rings. The van der Waals surface area contributed by atoms with Crippen LogP contribution in [0.25, 0.3) is 5.65 Å². The average molecular weight is 344 g/mol. The monoisotopic (exact) mass is 344 g/mol. The lowest BCUT2D eigenvalue weighted by Crippen LogP contribution is -2.31. The standard InChI is InChI=1S/C17H20N4O2S/c1-13(15-8-4-3-5-9-15)12-24(22,23)20-14(2)17-19-18-16-10-6-7-11-21(16)17/h3-11,13-14,20H,12H2,1-2H3/t13-,14-/m1/s1. The van der Waals surface area contributed by atoms with Crippen molar-refractivity contribution in [2.24, 2.45) is 0 Å². The van der Waals surface area contributed by atoms with Gasteiger partial charge in [0.2, 0.25) is 10.0 Å². The number of benzene rings is 1. The number of nitrogens with one attached hydrogen (secondary N) is 1. The Morgan fingerprint density at radius 1 is 1.04 bits per heavy atom. The minimum atomic E-state index is -3.45. The first kappa shape index (κ1) is 16.6. The Labute approximate surface area is 141 Å². The molecular formula is C17H20N4O2S.